The number of carbonyl (C=O) groups excluding carboxylic acids is 1. The molecule has 8 nitrogen and oxygen atoms in total. The van der Waals surface area contributed by atoms with E-state index < -0.39 is 20.0 Å². The molecular weight excluding hydrogens is 386 g/mol. The van der Waals surface area contributed by atoms with Crippen molar-refractivity contribution in [3.8, 4) is 0 Å². The first-order valence-corrected chi connectivity index (χ1v) is 11.3. The molecule has 0 radical (unpaired) electrons. The Balaban J connectivity index is 1.82. The van der Waals surface area contributed by atoms with Crippen LogP contribution in [0, 0.1) is 0 Å². The maximum absolute atomic E-state index is 12.0. The smallest absolute Gasteiger partial charge is 0.251 e. The summed E-state index contributed by atoms with van der Waals surface area (Å²) in [5.74, 6) is -0.388. The minimum Gasteiger partial charge on any atom is -0.351 e. The van der Waals surface area contributed by atoms with E-state index in [1.165, 1.54) is 30.3 Å². The van der Waals surface area contributed by atoms with E-state index in [0.717, 1.165) is 17.6 Å². The first-order valence-electron chi connectivity index (χ1n) is 7.07. The van der Waals surface area contributed by atoms with Crippen molar-refractivity contribution in [1.82, 2.24) is 10.0 Å². The van der Waals surface area contributed by atoms with Crippen molar-refractivity contribution in [3.63, 3.8) is 0 Å². The first-order chi connectivity index (χ1) is 11.7. The molecule has 0 atom stereocenters. The van der Waals surface area contributed by atoms with Gasteiger partial charge in [-0.25, -0.2) is 21.6 Å². The largest absolute Gasteiger partial charge is 0.351 e. The van der Waals surface area contributed by atoms with Gasteiger partial charge >= 0.3 is 0 Å². The molecule has 1 aromatic heterocycles. The van der Waals surface area contributed by atoms with Gasteiger partial charge in [-0.3, -0.25) is 9.52 Å². The molecule has 0 spiro atoms. The van der Waals surface area contributed by atoms with Crippen LogP contribution in [0.5, 0.6) is 0 Å². The van der Waals surface area contributed by atoms with Crippen LogP contribution in [0.25, 0.3) is 0 Å². The average molecular weight is 404 g/mol. The Bertz CT molecular complexity index is 921. The zero-order chi connectivity index (χ0) is 18.5. The zero-order valence-corrected chi connectivity index (χ0v) is 15.7. The van der Waals surface area contributed by atoms with Crippen molar-refractivity contribution in [2.45, 2.75) is 4.21 Å². The van der Waals surface area contributed by atoms with Gasteiger partial charge in [-0.1, -0.05) is 6.07 Å². The molecule has 0 aliphatic heterocycles. The lowest BCUT2D eigenvalue weighted by atomic mass is 10.2. The molecule has 25 heavy (non-hydrogen) atoms. The van der Waals surface area contributed by atoms with Gasteiger partial charge in [-0.05, 0) is 35.7 Å². The summed E-state index contributed by atoms with van der Waals surface area (Å²) in [6, 6.07) is 9.02. The van der Waals surface area contributed by atoms with Crippen molar-refractivity contribution in [2.75, 3.05) is 24.1 Å². The molecule has 0 fully saturated rings. The van der Waals surface area contributed by atoms with E-state index in [-0.39, 0.29) is 23.2 Å². The van der Waals surface area contributed by atoms with Gasteiger partial charge < -0.3 is 5.32 Å². The van der Waals surface area contributed by atoms with Gasteiger partial charge in [-0.15, -0.1) is 11.3 Å². The summed E-state index contributed by atoms with van der Waals surface area (Å²) in [5.41, 5.74) is 0.683. The summed E-state index contributed by atoms with van der Waals surface area (Å²) in [4.78, 5) is 12.0. The number of thiophene rings is 1. The summed E-state index contributed by atoms with van der Waals surface area (Å²) >= 11 is 1.11. The van der Waals surface area contributed by atoms with Gasteiger partial charge in [0, 0.05) is 24.3 Å². The average Bonchev–Trinajstić information content (AvgIpc) is 3.06. The molecule has 2 aromatic rings. The lowest BCUT2D eigenvalue weighted by molar-refractivity contribution is 0.0954. The van der Waals surface area contributed by atoms with Crippen LogP contribution in [0.4, 0.5) is 5.69 Å². The molecular formula is C14H17N3O5S3. The highest BCUT2D eigenvalue weighted by atomic mass is 32.2. The van der Waals surface area contributed by atoms with Crippen molar-refractivity contribution in [3.05, 3.63) is 47.3 Å². The Morgan fingerprint density at radius 1 is 1.04 bits per heavy atom. The van der Waals surface area contributed by atoms with Crippen molar-refractivity contribution >= 4 is 43.0 Å². The van der Waals surface area contributed by atoms with Crippen molar-refractivity contribution < 1.29 is 21.6 Å². The quantitative estimate of drug-likeness (QED) is 0.564. The van der Waals surface area contributed by atoms with Crippen LogP contribution in [-0.4, -0.2) is 42.1 Å². The lowest BCUT2D eigenvalue weighted by Crippen LogP contribution is -2.34. The summed E-state index contributed by atoms with van der Waals surface area (Å²) in [7, 11) is -6.93. The number of sulfonamides is 2. The van der Waals surface area contributed by atoms with Crippen LogP contribution in [-0.2, 0) is 20.0 Å². The van der Waals surface area contributed by atoms with Crippen LogP contribution < -0.4 is 14.8 Å². The van der Waals surface area contributed by atoms with E-state index in [4.69, 9.17) is 0 Å². The minimum atomic E-state index is -3.55. The molecule has 3 N–H and O–H groups in total. The number of carbonyl (C=O) groups is 1. The van der Waals surface area contributed by atoms with E-state index in [1.54, 1.807) is 11.4 Å². The van der Waals surface area contributed by atoms with E-state index in [9.17, 15) is 21.6 Å². The first kappa shape index (κ1) is 19.4. The number of rotatable bonds is 8. The second kappa shape index (κ2) is 7.95. The third-order valence-electron chi connectivity index (χ3n) is 2.91. The van der Waals surface area contributed by atoms with E-state index in [0.29, 0.717) is 11.3 Å². The van der Waals surface area contributed by atoms with Gasteiger partial charge in [0.25, 0.3) is 5.91 Å². The van der Waals surface area contributed by atoms with Crippen molar-refractivity contribution in [1.29, 1.82) is 0 Å². The van der Waals surface area contributed by atoms with Gasteiger partial charge in [0.2, 0.25) is 20.0 Å². The number of amides is 1. The Morgan fingerprint density at radius 2 is 1.72 bits per heavy atom. The number of nitrogens with one attached hydrogen (secondary N) is 3. The van der Waals surface area contributed by atoms with E-state index in [1.807, 2.05) is 0 Å². The second-order valence-electron chi connectivity index (χ2n) is 5.04. The normalized spacial score (nSPS) is 11.9. The Morgan fingerprint density at radius 3 is 2.28 bits per heavy atom. The van der Waals surface area contributed by atoms with Crippen LogP contribution in [0.3, 0.4) is 0 Å². The van der Waals surface area contributed by atoms with Crippen LogP contribution in [0.1, 0.15) is 10.4 Å². The molecule has 0 aliphatic carbocycles. The van der Waals surface area contributed by atoms with Gasteiger partial charge in [0.05, 0.1) is 6.26 Å². The third kappa shape index (κ3) is 6.12. The summed E-state index contributed by atoms with van der Waals surface area (Å²) < 4.78 is 50.9. The SMILES string of the molecule is CS(=O)(=O)Nc1ccc(C(=O)NCCNS(=O)(=O)c2cccs2)cc1. The molecule has 136 valence electrons. The topological polar surface area (TPSA) is 121 Å². The fourth-order valence-electron chi connectivity index (χ4n) is 1.85. The molecule has 1 amide bonds. The Hall–Kier alpha value is -1.95. The highest BCUT2D eigenvalue weighted by Gasteiger charge is 2.14. The van der Waals surface area contributed by atoms with Crippen molar-refractivity contribution in [2.24, 2.45) is 0 Å². The predicted octanol–water partition coefficient (Wildman–Crippen LogP) is 0.828. The zero-order valence-electron chi connectivity index (χ0n) is 13.2. The van der Waals surface area contributed by atoms with Crippen LogP contribution >= 0.6 is 11.3 Å². The number of benzene rings is 1. The lowest BCUT2D eigenvalue weighted by Gasteiger charge is -2.08. The van der Waals surface area contributed by atoms with Gasteiger partial charge in [-0.2, -0.15) is 0 Å². The standard InChI is InChI=1S/C14H17N3O5S3/c1-24(19,20)17-12-6-4-11(5-7-12)14(18)15-8-9-16-25(21,22)13-3-2-10-23-13/h2-7,10,16-17H,8-9H2,1H3,(H,15,18). The number of anilines is 1. The third-order valence-corrected chi connectivity index (χ3v) is 6.38. The maximum atomic E-state index is 12.0. The predicted molar refractivity (Wildman–Crippen MR) is 96.7 cm³/mol. The summed E-state index contributed by atoms with van der Waals surface area (Å²) in [5, 5.41) is 4.25. The summed E-state index contributed by atoms with van der Waals surface area (Å²) in [6.07, 6.45) is 1.03. The molecule has 0 bridgehead atoms. The Labute approximate surface area is 150 Å². The number of hydrogen-bond donors (Lipinski definition) is 3. The second-order valence-corrected chi connectivity index (χ2v) is 9.73. The molecule has 0 aliphatic rings. The Kier molecular flexibility index (Phi) is 6.16. The molecule has 1 heterocycles. The van der Waals surface area contributed by atoms with Gasteiger partial charge in [0.15, 0.2) is 0 Å². The molecule has 0 unspecified atom stereocenters. The minimum absolute atomic E-state index is 0.0552. The fourth-order valence-corrected chi connectivity index (χ4v) is 4.49. The fraction of sp³-hybridized carbons (Fsp3) is 0.214. The van der Waals surface area contributed by atoms with Gasteiger partial charge in [0.1, 0.15) is 4.21 Å². The maximum Gasteiger partial charge on any atom is 0.251 e. The van der Waals surface area contributed by atoms with Crippen LogP contribution in [0.15, 0.2) is 46.0 Å². The highest BCUT2D eigenvalue weighted by molar-refractivity contribution is 7.92. The molecule has 1 aromatic carbocycles. The number of hydrogen-bond acceptors (Lipinski definition) is 6. The van der Waals surface area contributed by atoms with Crippen LogP contribution in [0.2, 0.25) is 0 Å². The van der Waals surface area contributed by atoms with E-state index in [2.05, 4.69) is 14.8 Å². The molecule has 2 rings (SSSR count). The molecule has 11 heteroatoms. The monoisotopic (exact) mass is 403 g/mol. The molecule has 0 saturated carbocycles. The molecule has 0 saturated heterocycles. The van der Waals surface area contributed by atoms with E-state index >= 15 is 0 Å². The highest BCUT2D eigenvalue weighted by Crippen LogP contribution is 2.14. The summed E-state index contributed by atoms with van der Waals surface area (Å²) in [6.45, 7) is 0.173.